The molecule has 0 atom stereocenters. The predicted molar refractivity (Wildman–Crippen MR) is 61.7 cm³/mol. The molecule has 2 rings (SSSR count). The van der Waals surface area contributed by atoms with Crippen LogP contribution >= 0.6 is 0 Å². The van der Waals surface area contributed by atoms with E-state index >= 15 is 0 Å². The van der Waals surface area contributed by atoms with Gasteiger partial charge >= 0.3 is 0 Å². The van der Waals surface area contributed by atoms with Crippen LogP contribution in [0.3, 0.4) is 0 Å². The highest BCUT2D eigenvalue weighted by Gasteiger charge is 1.99. The van der Waals surface area contributed by atoms with Crippen LogP contribution in [0.2, 0.25) is 0 Å². The number of rotatable bonds is 3. The molecule has 0 bridgehead atoms. The summed E-state index contributed by atoms with van der Waals surface area (Å²) in [6, 6.07) is 8.28. The first-order chi connectivity index (χ1) is 7.27. The molecule has 3 nitrogen and oxygen atoms in total. The minimum Gasteiger partial charge on any atom is -0.379 e. The lowest BCUT2D eigenvalue weighted by Crippen LogP contribution is -2.04. The van der Waals surface area contributed by atoms with E-state index < -0.39 is 0 Å². The Kier molecular flexibility index (Phi) is 2.72. The number of hydrogen-bond donors (Lipinski definition) is 1. The van der Waals surface area contributed by atoms with E-state index in [1.165, 1.54) is 16.9 Å². The van der Waals surface area contributed by atoms with Crippen molar-refractivity contribution in [2.45, 2.75) is 13.5 Å². The summed E-state index contributed by atoms with van der Waals surface area (Å²) in [7, 11) is 2.00. The van der Waals surface area contributed by atoms with E-state index in [0.29, 0.717) is 0 Å². The van der Waals surface area contributed by atoms with Crippen LogP contribution < -0.4 is 5.32 Å². The molecule has 0 fully saturated rings. The van der Waals surface area contributed by atoms with Gasteiger partial charge in [-0.05, 0) is 18.6 Å². The molecule has 0 saturated carbocycles. The van der Waals surface area contributed by atoms with Crippen LogP contribution in [0.1, 0.15) is 11.3 Å². The maximum atomic E-state index is 4.08. The molecular weight excluding hydrogens is 186 g/mol. The van der Waals surface area contributed by atoms with Crippen molar-refractivity contribution < 1.29 is 0 Å². The van der Waals surface area contributed by atoms with E-state index in [1.807, 2.05) is 36.3 Å². The fraction of sp³-hybridized carbons (Fsp3) is 0.250. The van der Waals surface area contributed by atoms with Crippen molar-refractivity contribution in [2.24, 2.45) is 7.05 Å². The van der Waals surface area contributed by atoms with Gasteiger partial charge in [0.25, 0.3) is 0 Å². The highest BCUT2D eigenvalue weighted by molar-refractivity contribution is 5.50. The zero-order valence-electron chi connectivity index (χ0n) is 9.07. The summed E-state index contributed by atoms with van der Waals surface area (Å²) in [6.45, 7) is 2.91. The second-order valence-electron chi connectivity index (χ2n) is 3.66. The quantitative estimate of drug-likeness (QED) is 0.826. The van der Waals surface area contributed by atoms with Gasteiger partial charge in [0.2, 0.25) is 0 Å². The highest BCUT2D eigenvalue weighted by atomic mass is 15.0. The third-order valence-electron chi connectivity index (χ3n) is 2.52. The minimum absolute atomic E-state index is 0.807. The predicted octanol–water partition coefficient (Wildman–Crippen LogP) is 2.34. The van der Waals surface area contributed by atoms with E-state index in [9.17, 15) is 0 Å². The largest absolute Gasteiger partial charge is 0.379 e. The Morgan fingerprint density at radius 3 is 2.80 bits per heavy atom. The second-order valence-corrected chi connectivity index (χ2v) is 3.66. The number of imidazole rings is 1. The molecule has 1 N–H and O–H groups in total. The molecule has 0 aliphatic carbocycles. The fourth-order valence-corrected chi connectivity index (χ4v) is 1.51. The molecule has 2 aromatic rings. The van der Waals surface area contributed by atoms with Gasteiger partial charge < -0.3 is 9.88 Å². The number of aromatic nitrogens is 2. The van der Waals surface area contributed by atoms with Crippen molar-refractivity contribution in [3.05, 3.63) is 48.0 Å². The number of para-hydroxylation sites is 1. The van der Waals surface area contributed by atoms with Gasteiger partial charge in [0.1, 0.15) is 0 Å². The Morgan fingerprint density at radius 2 is 2.13 bits per heavy atom. The molecule has 1 heterocycles. The standard InChI is InChI=1S/C12H15N3/c1-10-5-3-4-6-12(10)14-8-11-7-13-9-15(11)2/h3-7,9,14H,8H2,1-2H3. The maximum Gasteiger partial charge on any atom is 0.0946 e. The monoisotopic (exact) mass is 201 g/mol. The van der Waals surface area contributed by atoms with Gasteiger partial charge in [-0.1, -0.05) is 18.2 Å². The smallest absolute Gasteiger partial charge is 0.0946 e. The zero-order valence-corrected chi connectivity index (χ0v) is 9.07. The van der Waals surface area contributed by atoms with E-state index in [4.69, 9.17) is 0 Å². The van der Waals surface area contributed by atoms with Gasteiger partial charge in [-0.15, -0.1) is 0 Å². The van der Waals surface area contributed by atoms with Crippen LogP contribution in [0.5, 0.6) is 0 Å². The first-order valence-corrected chi connectivity index (χ1v) is 5.02. The van der Waals surface area contributed by atoms with Crippen molar-refractivity contribution in [3.63, 3.8) is 0 Å². The van der Waals surface area contributed by atoms with E-state index in [-0.39, 0.29) is 0 Å². The highest BCUT2D eigenvalue weighted by Crippen LogP contribution is 2.14. The number of nitrogens with zero attached hydrogens (tertiary/aromatic N) is 2. The van der Waals surface area contributed by atoms with Crippen molar-refractivity contribution in [3.8, 4) is 0 Å². The Labute approximate surface area is 89.8 Å². The Morgan fingerprint density at radius 1 is 1.33 bits per heavy atom. The van der Waals surface area contributed by atoms with Gasteiger partial charge in [-0.25, -0.2) is 4.98 Å². The Hall–Kier alpha value is -1.77. The van der Waals surface area contributed by atoms with E-state index in [2.05, 4.69) is 29.4 Å². The van der Waals surface area contributed by atoms with Crippen molar-refractivity contribution in [1.29, 1.82) is 0 Å². The average Bonchev–Trinajstić information content (AvgIpc) is 2.63. The third-order valence-corrected chi connectivity index (χ3v) is 2.52. The zero-order chi connectivity index (χ0) is 10.7. The number of benzene rings is 1. The second kappa shape index (κ2) is 4.17. The minimum atomic E-state index is 0.807. The topological polar surface area (TPSA) is 29.9 Å². The normalized spacial score (nSPS) is 10.3. The number of aryl methyl sites for hydroxylation is 2. The molecule has 1 aromatic heterocycles. The lowest BCUT2D eigenvalue weighted by Gasteiger charge is -2.09. The van der Waals surface area contributed by atoms with Crippen LogP contribution in [0.4, 0.5) is 5.69 Å². The van der Waals surface area contributed by atoms with Crippen molar-refractivity contribution in [2.75, 3.05) is 5.32 Å². The molecule has 0 aliphatic rings. The van der Waals surface area contributed by atoms with Gasteiger partial charge in [0, 0.05) is 18.9 Å². The maximum absolute atomic E-state index is 4.08. The summed E-state index contributed by atoms with van der Waals surface area (Å²) in [6.07, 6.45) is 3.69. The summed E-state index contributed by atoms with van der Waals surface area (Å²) in [4.78, 5) is 4.08. The van der Waals surface area contributed by atoms with E-state index in [1.54, 1.807) is 0 Å². The molecule has 1 aromatic carbocycles. The van der Waals surface area contributed by atoms with Crippen LogP contribution in [0, 0.1) is 6.92 Å². The molecular formula is C12H15N3. The number of nitrogens with one attached hydrogen (secondary N) is 1. The number of anilines is 1. The van der Waals surface area contributed by atoms with Crippen LogP contribution in [0.25, 0.3) is 0 Å². The summed E-state index contributed by atoms with van der Waals surface area (Å²) in [5.74, 6) is 0. The molecule has 0 unspecified atom stereocenters. The van der Waals surface area contributed by atoms with Crippen molar-refractivity contribution in [1.82, 2.24) is 9.55 Å². The van der Waals surface area contributed by atoms with Crippen LogP contribution in [-0.2, 0) is 13.6 Å². The van der Waals surface area contributed by atoms with Gasteiger partial charge in [-0.2, -0.15) is 0 Å². The van der Waals surface area contributed by atoms with Crippen molar-refractivity contribution >= 4 is 5.69 Å². The molecule has 0 spiro atoms. The first-order valence-electron chi connectivity index (χ1n) is 5.02. The molecule has 15 heavy (non-hydrogen) atoms. The third kappa shape index (κ3) is 2.18. The fourth-order valence-electron chi connectivity index (χ4n) is 1.51. The molecule has 0 aliphatic heterocycles. The lowest BCUT2D eigenvalue weighted by atomic mass is 10.2. The van der Waals surface area contributed by atoms with E-state index in [0.717, 1.165) is 6.54 Å². The summed E-state index contributed by atoms with van der Waals surface area (Å²) in [5.41, 5.74) is 3.62. The van der Waals surface area contributed by atoms with Gasteiger partial charge in [0.15, 0.2) is 0 Å². The molecule has 0 amide bonds. The van der Waals surface area contributed by atoms with Crippen LogP contribution in [0.15, 0.2) is 36.8 Å². The average molecular weight is 201 g/mol. The molecule has 0 saturated heterocycles. The Bertz CT molecular complexity index is 446. The van der Waals surface area contributed by atoms with Gasteiger partial charge in [-0.3, -0.25) is 0 Å². The summed E-state index contributed by atoms with van der Waals surface area (Å²) >= 11 is 0. The lowest BCUT2D eigenvalue weighted by molar-refractivity contribution is 0.837. The summed E-state index contributed by atoms with van der Waals surface area (Å²) in [5, 5.41) is 3.40. The molecule has 78 valence electrons. The SMILES string of the molecule is Cc1ccccc1NCc1cncn1C. The van der Waals surface area contributed by atoms with Gasteiger partial charge in [0.05, 0.1) is 18.6 Å². The first kappa shape index (κ1) is 9.77. The summed E-state index contributed by atoms with van der Waals surface area (Å²) < 4.78 is 2.02. The molecule has 0 radical (unpaired) electrons. The Balaban J connectivity index is 2.06. The van der Waals surface area contributed by atoms with Crippen LogP contribution in [-0.4, -0.2) is 9.55 Å². The number of hydrogen-bond acceptors (Lipinski definition) is 2. The molecule has 3 heteroatoms.